The van der Waals surface area contributed by atoms with Crippen molar-refractivity contribution in [2.45, 2.75) is 6.42 Å². The maximum absolute atomic E-state index is 12.9. The Kier molecular flexibility index (Phi) is 6.01. The van der Waals surface area contributed by atoms with Crippen LogP contribution in [0.2, 0.25) is 0 Å². The van der Waals surface area contributed by atoms with Crippen molar-refractivity contribution in [3.63, 3.8) is 0 Å². The minimum atomic E-state index is -0.762. The third-order valence-corrected chi connectivity index (χ3v) is 3.83. The summed E-state index contributed by atoms with van der Waals surface area (Å²) in [7, 11) is 1.71. The maximum atomic E-state index is 12.9. The van der Waals surface area contributed by atoms with E-state index in [0.29, 0.717) is 30.3 Å². The summed E-state index contributed by atoms with van der Waals surface area (Å²) in [5.74, 6) is -0.323. The van der Waals surface area contributed by atoms with Crippen LogP contribution >= 0.6 is 0 Å². The van der Waals surface area contributed by atoms with Gasteiger partial charge in [-0.1, -0.05) is 12.1 Å². The summed E-state index contributed by atoms with van der Waals surface area (Å²) in [5.41, 5.74) is 0.969. The SMILES string of the molecule is Cn1ccc(NC(=O)C(=O)NCCc2ccc(Oc3ccc(F)cc3)cc2)n1. The molecule has 0 saturated heterocycles. The molecule has 3 aromatic rings. The molecular formula is C20H19FN4O3. The molecule has 8 heteroatoms. The zero-order chi connectivity index (χ0) is 19.9. The van der Waals surface area contributed by atoms with Gasteiger partial charge in [0.1, 0.15) is 17.3 Å². The molecule has 3 rings (SSSR count). The molecule has 0 aliphatic rings. The fourth-order valence-electron chi connectivity index (χ4n) is 2.42. The van der Waals surface area contributed by atoms with Gasteiger partial charge in [0.2, 0.25) is 0 Å². The van der Waals surface area contributed by atoms with Crippen molar-refractivity contribution in [3.05, 3.63) is 72.2 Å². The molecular weight excluding hydrogens is 363 g/mol. The van der Waals surface area contributed by atoms with Crippen LogP contribution in [0.4, 0.5) is 10.2 Å². The van der Waals surface area contributed by atoms with E-state index in [1.807, 2.05) is 12.1 Å². The monoisotopic (exact) mass is 382 g/mol. The number of aromatic nitrogens is 2. The number of carbonyl (C=O) groups excluding carboxylic acids is 2. The molecule has 0 saturated carbocycles. The van der Waals surface area contributed by atoms with E-state index >= 15 is 0 Å². The van der Waals surface area contributed by atoms with Crippen LogP contribution in [0.5, 0.6) is 11.5 Å². The highest BCUT2D eigenvalue weighted by atomic mass is 19.1. The van der Waals surface area contributed by atoms with E-state index in [4.69, 9.17) is 4.74 Å². The molecule has 0 fully saturated rings. The van der Waals surface area contributed by atoms with Gasteiger partial charge >= 0.3 is 11.8 Å². The van der Waals surface area contributed by atoms with E-state index in [9.17, 15) is 14.0 Å². The number of aryl methyl sites for hydroxylation is 1. The summed E-state index contributed by atoms with van der Waals surface area (Å²) in [6, 6.07) is 14.7. The number of rotatable bonds is 6. The summed E-state index contributed by atoms with van der Waals surface area (Å²) in [6.45, 7) is 0.312. The molecule has 0 aliphatic heterocycles. The van der Waals surface area contributed by atoms with Crippen molar-refractivity contribution in [2.75, 3.05) is 11.9 Å². The van der Waals surface area contributed by atoms with Crippen LogP contribution in [0.3, 0.4) is 0 Å². The predicted molar refractivity (Wildman–Crippen MR) is 101 cm³/mol. The van der Waals surface area contributed by atoms with Gasteiger partial charge < -0.3 is 15.4 Å². The first-order valence-corrected chi connectivity index (χ1v) is 8.61. The Morgan fingerprint density at radius 2 is 1.64 bits per heavy atom. The van der Waals surface area contributed by atoms with Gasteiger partial charge in [-0.05, 0) is 48.4 Å². The summed E-state index contributed by atoms with van der Waals surface area (Å²) in [5, 5.41) is 8.97. The molecule has 0 aliphatic carbocycles. The Morgan fingerprint density at radius 1 is 1.00 bits per heavy atom. The lowest BCUT2D eigenvalue weighted by atomic mass is 10.1. The number of ether oxygens (including phenoxy) is 1. The molecule has 144 valence electrons. The second-order valence-electron chi connectivity index (χ2n) is 6.03. The third kappa shape index (κ3) is 5.41. The average molecular weight is 382 g/mol. The fraction of sp³-hybridized carbons (Fsp3) is 0.150. The minimum absolute atomic E-state index is 0.312. The van der Waals surface area contributed by atoms with Gasteiger partial charge in [-0.2, -0.15) is 5.10 Å². The van der Waals surface area contributed by atoms with Crippen molar-refractivity contribution in [3.8, 4) is 11.5 Å². The van der Waals surface area contributed by atoms with E-state index in [1.54, 1.807) is 43.6 Å². The lowest BCUT2D eigenvalue weighted by molar-refractivity contribution is -0.136. The lowest BCUT2D eigenvalue weighted by Crippen LogP contribution is -2.36. The molecule has 2 N–H and O–H groups in total. The van der Waals surface area contributed by atoms with Crippen LogP contribution < -0.4 is 15.4 Å². The molecule has 2 aromatic carbocycles. The number of benzene rings is 2. The largest absolute Gasteiger partial charge is 0.457 e. The average Bonchev–Trinajstić information content (AvgIpc) is 3.09. The second-order valence-corrected chi connectivity index (χ2v) is 6.03. The Labute approximate surface area is 161 Å². The lowest BCUT2D eigenvalue weighted by Gasteiger charge is -2.08. The fourth-order valence-corrected chi connectivity index (χ4v) is 2.42. The van der Waals surface area contributed by atoms with Gasteiger partial charge in [-0.3, -0.25) is 14.3 Å². The topological polar surface area (TPSA) is 85.2 Å². The van der Waals surface area contributed by atoms with E-state index in [2.05, 4.69) is 15.7 Å². The first-order chi connectivity index (χ1) is 13.5. The Bertz CT molecular complexity index is 952. The maximum Gasteiger partial charge on any atom is 0.314 e. The second kappa shape index (κ2) is 8.81. The van der Waals surface area contributed by atoms with E-state index in [1.165, 1.54) is 16.8 Å². The highest BCUT2D eigenvalue weighted by Gasteiger charge is 2.14. The van der Waals surface area contributed by atoms with Crippen LogP contribution in [-0.4, -0.2) is 28.1 Å². The summed E-state index contributed by atoms with van der Waals surface area (Å²) in [4.78, 5) is 23.6. The van der Waals surface area contributed by atoms with Gasteiger partial charge in [0.15, 0.2) is 5.82 Å². The molecule has 1 heterocycles. The van der Waals surface area contributed by atoms with Gasteiger partial charge in [-0.15, -0.1) is 0 Å². The molecule has 0 spiro atoms. The highest BCUT2D eigenvalue weighted by molar-refractivity contribution is 6.39. The van der Waals surface area contributed by atoms with Gasteiger partial charge in [-0.25, -0.2) is 4.39 Å². The van der Waals surface area contributed by atoms with Crippen molar-refractivity contribution in [2.24, 2.45) is 7.05 Å². The number of amides is 2. The quantitative estimate of drug-likeness (QED) is 0.642. The smallest absolute Gasteiger partial charge is 0.314 e. The zero-order valence-electron chi connectivity index (χ0n) is 15.2. The van der Waals surface area contributed by atoms with E-state index in [-0.39, 0.29) is 5.82 Å². The van der Waals surface area contributed by atoms with Crippen molar-refractivity contribution < 1.29 is 18.7 Å². The van der Waals surface area contributed by atoms with E-state index < -0.39 is 11.8 Å². The molecule has 28 heavy (non-hydrogen) atoms. The number of nitrogens with zero attached hydrogens (tertiary/aromatic N) is 2. The molecule has 2 amide bonds. The Hall–Kier alpha value is -3.68. The molecule has 0 radical (unpaired) electrons. The minimum Gasteiger partial charge on any atom is -0.457 e. The van der Waals surface area contributed by atoms with Gasteiger partial charge in [0.25, 0.3) is 0 Å². The Balaban J connectivity index is 1.43. The van der Waals surface area contributed by atoms with Gasteiger partial charge in [0, 0.05) is 25.9 Å². The van der Waals surface area contributed by atoms with Crippen molar-refractivity contribution in [1.29, 1.82) is 0 Å². The number of anilines is 1. The number of hydrogen-bond donors (Lipinski definition) is 2. The predicted octanol–water partition coefficient (Wildman–Crippen LogP) is 2.65. The highest BCUT2D eigenvalue weighted by Crippen LogP contribution is 2.21. The number of halogens is 1. The number of hydrogen-bond acceptors (Lipinski definition) is 4. The van der Waals surface area contributed by atoms with Crippen LogP contribution in [0.25, 0.3) is 0 Å². The molecule has 0 atom stereocenters. The van der Waals surface area contributed by atoms with E-state index in [0.717, 1.165) is 5.56 Å². The number of nitrogens with one attached hydrogen (secondary N) is 2. The Morgan fingerprint density at radius 3 is 2.25 bits per heavy atom. The zero-order valence-corrected chi connectivity index (χ0v) is 15.2. The van der Waals surface area contributed by atoms with Crippen LogP contribution in [0.1, 0.15) is 5.56 Å². The van der Waals surface area contributed by atoms with Crippen molar-refractivity contribution in [1.82, 2.24) is 15.1 Å². The van der Waals surface area contributed by atoms with Crippen LogP contribution in [0.15, 0.2) is 60.8 Å². The van der Waals surface area contributed by atoms with Crippen LogP contribution in [0, 0.1) is 5.82 Å². The normalized spacial score (nSPS) is 10.4. The van der Waals surface area contributed by atoms with Crippen molar-refractivity contribution >= 4 is 17.6 Å². The third-order valence-electron chi connectivity index (χ3n) is 3.83. The molecule has 0 bridgehead atoms. The first kappa shape index (κ1) is 19.1. The standard InChI is InChI=1S/C20H19FN4O3/c1-25-13-11-18(24-25)23-20(27)19(26)22-12-10-14-2-6-16(7-3-14)28-17-8-4-15(21)5-9-17/h2-9,11,13H,10,12H2,1H3,(H,22,26)(H,23,24,27). The molecule has 1 aromatic heterocycles. The number of carbonyl (C=O) groups is 2. The van der Waals surface area contributed by atoms with Gasteiger partial charge in [0.05, 0.1) is 0 Å². The first-order valence-electron chi connectivity index (χ1n) is 8.61. The molecule has 0 unspecified atom stereocenters. The summed E-state index contributed by atoms with van der Waals surface area (Å²) < 4.78 is 20.0. The summed E-state index contributed by atoms with van der Waals surface area (Å²) in [6.07, 6.45) is 2.22. The van der Waals surface area contributed by atoms with Crippen LogP contribution in [-0.2, 0) is 23.1 Å². The molecule has 7 nitrogen and oxygen atoms in total. The summed E-state index contributed by atoms with van der Waals surface area (Å²) >= 11 is 0.